The summed E-state index contributed by atoms with van der Waals surface area (Å²) in [6.45, 7) is 8.71. The highest BCUT2D eigenvalue weighted by molar-refractivity contribution is 6.31. The van der Waals surface area contributed by atoms with Crippen molar-refractivity contribution in [3.63, 3.8) is 0 Å². The van der Waals surface area contributed by atoms with E-state index in [1.54, 1.807) is 0 Å². The van der Waals surface area contributed by atoms with Gasteiger partial charge in [0.1, 0.15) is 0 Å². The third kappa shape index (κ3) is 5.07. The highest BCUT2D eigenvalue weighted by Crippen LogP contribution is 2.15. The molecule has 0 aliphatic rings. The summed E-state index contributed by atoms with van der Waals surface area (Å²) < 4.78 is 5.48. The van der Waals surface area contributed by atoms with E-state index < -0.39 is 0 Å². The lowest BCUT2D eigenvalue weighted by molar-refractivity contribution is 0.108. The van der Waals surface area contributed by atoms with Crippen LogP contribution in [0.15, 0.2) is 24.3 Å². The van der Waals surface area contributed by atoms with Crippen LogP contribution in [0.3, 0.4) is 0 Å². The molecule has 0 fully saturated rings. The van der Waals surface area contributed by atoms with Gasteiger partial charge in [-0.25, -0.2) is 0 Å². The van der Waals surface area contributed by atoms with Crippen LogP contribution in [0.25, 0.3) is 0 Å². The third-order valence-electron chi connectivity index (χ3n) is 2.82. The molecule has 3 heteroatoms. The zero-order chi connectivity index (χ0) is 12.7. The number of hydrogen-bond acceptors (Lipinski definition) is 2. The SMILES string of the molecule is CCOCC(NCc1ccccc1Cl)C(C)C. The van der Waals surface area contributed by atoms with Gasteiger partial charge in [-0.05, 0) is 24.5 Å². The Hall–Kier alpha value is -0.570. The van der Waals surface area contributed by atoms with Gasteiger partial charge in [0.25, 0.3) is 0 Å². The summed E-state index contributed by atoms with van der Waals surface area (Å²) in [6.07, 6.45) is 0. The van der Waals surface area contributed by atoms with Crippen LogP contribution in [-0.2, 0) is 11.3 Å². The van der Waals surface area contributed by atoms with Gasteiger partial charge in [-0.15, -0.1) is 0 Å². The second-order valence-electron chi connectivity index (χ2n) is 4.48. The standard InChI is InChI=1S/C14H22ClNO/c1-4-17-10-14(11(2)3)16-9-12-7-5-6-8-13(12)15/h5-8,11,14,16H,4,9-10H2,1-3H3. The molecule has 2 nitrogen and oxygen atoms in total. The molecule has 1 aromatic carbocycles. The molecule has 96 valence electrons. The maximum atomic E-state index is 6.12. The zero-order valence-electron chi connectivity index (χ0n) is 10.9. The molecule has 1 aromatic rings. The number of nitrogens with one attached hydrogen (secondary N) is 1. The van der Waals surface area contributed by atoms with Gasteiger partial charge in [-0.2, -0.15) is 0 Å². The average molecular weight is 256 g/mol. The lowest BCUT2D eigenvalue weighted by atomic mass is 10.0. The van der Waals surface area contributed by atoms with Gasteiger partial charge in [0, 0.05) is 24.2 Å². The minimum absolute atomic E-state index is 0.367. The van der Waals surface area contributed by atoms with Crippen molar-refractivity contribution < 1.29 is 4.74 Å². The Labute approximate surface area is 109 Å². The number of rotatable bonds is 7. The van der Waals surface area contributed by atoms with Crippen molar-refractivity contribution >= 4 is 11.6 Å². The fourth-order valence-corrected chi connectivity index (χ4v) is 1.82. The van der Waals surface area contributed by atoms with E-state index >= 15 is 0 Å². The van der Waals surface area contributed by atoms with Gasteiger partial charge in [0.05, 0.1) is 6.61 Å². The predicted molar refractivity (Wildman–Crippen MR) is 73.4 cm³/mol. The molecule has 1 unspecified atom stereocenters. The van der Waals surface area contributed by atoms with E-state index in [9.17, 15) is 0 Å². The third-order valence-corrected chi connectivity index (χ3v) is 3.19. The maximum absolute atomic E-state index is 6.12. The van der Waals surface area contributed by atoms with E-state index in [1.165, 1.54) is 0 Å². The molecule has 1 atom stereocenters. The summed E-state index contributed by atoms with van der Waals surface area (Å²) in [4.78, 5) is 0. The first kappa shape index (κ1) is 14.5. The van der Waals surface area contributed by atoms with E-state index in [1.807, 2.05) is 31.2 Å². The summed E-state index contributed by atoms with van der Waals surface area (Å²) in [5, 5.41) is 4.32. The quantitative estimate of drug-likeness (QED) is 0.805. The van der Waals surface area contributed by atoms with Gasteiger partial charge in [-0.3, -0.25) is 0 Å². The number of hydrogen-bond donors (Lipinski definition) is 1. The Kier molecular flexibility index (Phi) is 6.56. The molecule has 1 N–H and O–H groups in total. The normalized spacial score (nSPS) is 13.0. The van der Waals surface area contributed by atoms with E-state index in [2.05, 4.69) is 19.2 Å². The Morgan fingerprint density at radius 3 is 2.59 bits per heavy atom. The summed E-state index contributed by atoms with van der Waals surface area (Å²) in [7, 11) is 0. The molecule has 0 saturated carbocycles. The minimum Gasteiger partial charge on any atom is -0.380 e. The number of ether oxygens (including phenoxy) is 1. The second kappa shape index (κ2) is 7.70. The molecule has 0 amide bonds. The van der Waals surface area contributed by atoms with Crippen LogP contribution in [0.5, 0.6) is 0 Å². The van der Waals surface area contributed by atoms with Crippen molar-refractivity contribution in [3.8, 4) is 0 Å². The Morgan fingerprint density at radius 2 is 2.00 bits per heavy atom. The predicted octanol–water partition coefficient (Wildman–Crippen LogP) is 3.49. The first-order valence-electron chi connectivity index (χ1n) is 6.19. The lowest BCUT2D eigenvalue weighted by Crippen LogP contribution is -2.37. The van der Waals surface area contributed by atoms with Gasteiger partial charge in [-0.1, -0.05) is 43.6 Å². The van der Waals surface area contributed by atoms with Crippen molar-refractivity contribution in [2.75, 3.05) is 13.2 Å². The number of halogens is 1. The van der Waals surface area contributed by atoms with E-state index in [-0.39, 0.29) is 0 Å². The fraction of sp³-hybridized carbons (Fsp3) is 0.571. The molecule has 0 aliphatic carbocycles. The van der Waals surface area contributed by atoms with Crippen molar-refractivity contribution in [2.45, 2.75) is 33.4 Å². The van der Waals surface area contributed by atoms with Crippen molar-refractivity contribution in [1.29, 1.82) is 0 Å². The highest BCUT2D eigenvalue weighted by Gasteiger charge is 2.13. The van der Waals surface area contributed by atoms with Crippen molar-refractivity contribution in [2.24, 2.45) is 5.92 Å². The fourth-order valence-electron chi connectivity index (χ4n) is 1.61. The van der Waals surface area contributed by atoms with Crippen LogP contribution in [0, 0.1) is 5.92 Å². The monoisotopic (exact) mass is 255 g/mol. The molecule has 0 heterocycles. The van der Waals surface area contributed by atoms with Crippen LogP contribution in [-0.4, -0.2) is 19.3 Å². The number of benzene rings is 1. The molecule has 0 radical (unpaired) electrons. The second-order valence-corrected chi connectivity index (χ2v) is 4.89. The molecule has 0 bridgehead atoms. The Balaban J connectivity index is 2.49. The molecule has 0 saturated heterocycles. The summed E-state index contributed by atoms with van der Waals surface area (Å²) >= 11 is 6.12. The summed E-state index contributed by atoms with van der Waals surface area (Å²) in [5.41, 5.74) is 1.14. The minimum atomic E-state index is 0.367. The first-order chi connectivity index (χ1) is 8.15. The molecule has 17 heavy (non-hydrogen) atoms. The van der Waals surface area contributed by atoms with E-state index in [0.29, 0.717) is 12.0 Å². The van der Waals surface area contributed by atoms with Crippen molar-refractivity contribution in [3.05, 3.63) is 34.9 Å². The molecule has 1 rings (SSSR count). The van der Waals surface area contributed by atoms with Crippen LogP contribution in [0.2, 0.25) is 5.02 Å². The maximum Gasteiger partial charge on any atom is 0.0622 e. The topological polar surface area (TPSA) is 21.3 Å². The smallest absolute Gasteiger partial charge is 0.0622 e. The molecular formula is C14H22ClNO. The molecular weight excluding hydrogens is 234 g/mol. The van der Waals surface area contributed by atoms with Crippen LogP contribution in [0.1, 0.15) is 26.3 Å². The lowest BCUT2D eigenvalue weighted by Gasteiger charge is -2.22. The summed E-state index contributed by atoms with van der Waals surface area (Å²) in [6, 6.07) is 8.30. The van der Waals surface area contributed by atoms with Crippen LogP contribution >= 0.6 is 11.6 Å². The Bertz CT molecular complexity index is 328. The molecule has 0 aromatic heterocycles. The van der Waals surface area contributed by atoms with Crippen LogP contribution < -0.4 is 5.32 Å². The van der Waals surface area contributed by atoms with E-state index in [4.69, 9.17) is 16.3 Å². The van der Waals surface area contributed by atoms with Gasteiger partial charge in [0.15, 0.2) is 0 Å². The van der Waals surface area contributed by atoms with Gasteiger partial charge in [0.2, 0.25) is 0 Å². The average Bonchev–Trinajstić information content (AvgIpc) is 2.31. The van der Waals surface area contributed by atoms with Gasteiger partial charge < -0.3 is 10.1 Å². The molecule has 0 aliphatic heterocycles. The highest BCUT2D eigenvalue weighted by atomic mass is 35.5. The first-order valence-corrected chi connectivity index (χ1v) is 6.57. The van der Waals surface area contributed by atoms with E-state index in [0.717, 1.165) is 30.3 Å². The molecule has 0 spiro atoms. The zero-order valence-corrected chi connectivity index (χ0v) is 11.6. The largest absolute Gasteiger partial charge is 0.380 e. The summed E-state index contributed by atoms with van der Waals surface area (Å²) in [5.74, 6) is 0.545. The van der Waals surface area contributed by atoms with Gasteiger partial charge >= 0.3 is 0 Å². The van der Waals surface area contributed by atoms with Crippen LogP contribution in [0.4, 0.5) is 0 Å². The van der Waals surface area contributed by atoms with Crippen molar-refractivity contribution in [1.82, 2.24) is 5.32 Å². The Morgan fingerprint density at radius 1 is 1.29 bits per heavy atom.